The van der Waals surface area contributed by atoms with Crippen LogP contribution in [0.1, 0.15) is 53.5 Å². The first-order valence-corrected chi connectivity index (χ1v) is 11.7. The Morgan fingerprint density at radius 1 is 1.22 bits per heavy atom. The highest BCUT2D eigenvalue weighted by Gasteiger charge is 2.44. The van der Waals surface area contributed by atoms with Crippen LogP contribution < -0.4 is 0 Å². The van der Waals surface area contributed by atoms with Gasteiger partial charge in [-0.3, -0.25) is 19.4 Å². The molecule has 0 aliphatic heterocycles. The number of allylic oxidation sites excluding steroid dienone is 1. The first-order chi connectivity index (χ1) is 17.0. The van der Waals surface area contributed by atoms with Crippen molar-refractivity contribution in [2.45, 2.75) is 46.1 Å². The molecule has 0 saturated heterocycles. The van der Waals surface area contributed by atoms with Crippen molar-refractivity contribution in [2.24, 2.45) is 10.9 Å². The Hall–Kier alpha value is -3.87. The molecule has 2 aromatic rings. The number of hydrogen-bond donors (Lipinski definition) is 1. The third kappa shape index (κ3) is 6.03. The quantitative estimate of drug-likeness (QED) is 0.241. The van der Waals surface area contributed by atoms with E-state index in [4.69, 9.17) is 0 Å². The molecule has 0 heterocycles. The normalized spacial score (nSPS) is 18.5. The summed E-state index contributed by atoms with van der Waals surface area (Å²) in [5, 5.41) is 9.53. The van der Waals surface area contributed by atoms with Crippen molar-refractivity contribution in [1.82, 2.24) is 4.90 Å². The molecule has 0 radical (unpaired) electrons. The molecule has 0 aromatic heterocycles. The number of amides is 1. The molecule has 188 valence electrons. The van der Waals surface area contributed by atoms with Gasteiger partial charge in [-0.2, -0.15) is 0 Å². The topological polar surface area (TPSA) is 87.0 Å². The zero-order chi connectivity index (χ0) is 26.6. The number of aliphatic imine (C=N–C) groups is 1. The lowest BCUT2D eigenvalue weighted by Gasteiger charge is -2.20. The Kier molecular flexibility index (Phi) is 8.35. The molecule has 1 saturated carbocycles. The summed E-state index contributed by atoms with van der Waals surface area (Å²) in [6.45, 7) is 9.19. The van der Waals surface area contributed by atoms with Crippen LogP contribution in [-0.4, -0.2) is 40.2 Å². The van der Waals surface area contributed by atoms with Crippen LogP contribution in [0.25, 0.3) is 0 Å². The van der Waals surface area contributed by atoms with Crippen molar-refractivity contribution in [3.8, 4) is 0 Å². The fourth-order valence-electron chi connectivity index (χ4n) is 4.62. The van der Waals surface area contributed by atoms with Gasteiger partial charge in [0.2, 0.25) is 5.91 Å². The largest absolute Gasteiger partial charge is 0.506 e. The predicted octanol–water partition coefficient (Wildman–Crippen LogP) is 5.13. The molecule has 1 aliphatic carbocycles. The van der Waals surface area contributed by atoms with Crippen LogP contribution >= 0.6 is 0 Å². The SMILES string of the molecule is C=C/C(O)=C\N=C(C)c1cc(C)c(C2C(=O)CC(CC(=O)N(C)Cc3cccc(F)c3)C2=O)c(C)c1. The number of nitrogens with zero attached hydrogens (tertiary/aromatic N) is 2. The second-order valence-corrected chi connectivity index (χ2v) is 9.28. The maximum Gasteiger partial charge on any atom is 0.223 e. The van der Waals surface area contributed by atoms with Gasteiger partial charge in [0.15, 0.2) is 5.78 Å². The van der Waals surface area contributed by atoms with Crippen LogP contribution in [0, 0.1) is 25.6 Å². The number of aliphatic hydroxyl groups is 1. The van der Waals surface area contributed by atoms with E-state index in [9.17, 15) is 23.9 Å². The average molecular weight is 491 g/mol. The molecule has 2 unspecified atom stereocenters. The molecule has 1 fully saturated rings. The summed E-state index contributed by atoms with van der Waals surface area (Å²) in [5.74, 6) is -2.70. The minimum Gasteiger partial charge on any atom is -0.506 e. The van der Waals surface area contributed by atoms with Gasteiger partial charge in [0.05, 0.1) is 6.20 Å². The highest BCUT2D eigenvalue weighted by molar-refractivity contribution is 6.16. The molecular formula is C29H31FN2O4. The Morgan fingerprint density at radius 3 is 2.50 bits per heavy atom. The van der Waals surface area contributed by atoms with E-state index in [-0.39, 0.29) is 48.4 Å². The van der Waals surface area contributed by atoms with Gasteiger partial charge in [0.25, 0.3) is 0 Å². The smallest absolute Gasteiger partial charge is 0.223 e. The van der Waals surface area contributed by atoms with Crippen molar-refractivity contribution in [2.75, 3.05) is 7.05 Å². The van der Waals surface area contributed by atoms with Gasteiger partial charge in [0, 0.05) is 38.1 Å². The number of Topliss-reactive ketones (excluding diaryl/α,β-unsaturated/α-hetero) is 2. The van der Waals surface area contributed by atoms with Gasteiger partial charge in [0.1, 0.15) is 23.3 Å². The Labute approximate surface area is 210 Å². The Morgan fingerprint density at radius 2 is 1.89 bits per heavy atom. The summed E-state index contributed by atoms with van der Waals surface area (Å²) in [4.78, 5) is 44.7. The van der Waals surface area contributed by atoms with Crippen LogP contribution in [0.3, 0.4) is 0 Å². The lowest BCUT2D eigenvalue weighted by Crippen LogP contribution is -2.29. The van der Waals surface area contributed by atoms with Crippen LogP contribution in [-0.2, 0) is 20.9 Å². The molecule has 3 rings (SSSR count). The highest BCUT2D eigenvalue weighted by Crippen LogP contribution is 2.37. The lowest BCUT2D eigenvalue weighted by atomic mass is 9.85. The fraction of sp³-hybridized carbons (Fsp3) is 0.310. The van der Waals surface area contributed by atoms with Crippen LogP contribution in [0.5, 0.6) is 0 Å². The van der Waals surface area contributed by atoms with Crippen molar-refractivity contribution >= 4 is 23.2 Å². The number of ketones is 2. The van der Waals surface area contributed by atoms with E-state index in [1.807, 2.05) is 26.0 Å². The van der Waals surface area contributed by atoms with Crippen molar-refractivity contribution in [3.63, 3.8) is 0 Å². The van der Waals surface area contributed by atoms with Gasteiger partial charge in [-0.15, -0.1) is 0 Å². The molecule has 1 amide bonds. The van der Waals surface area contributed by atoms with E-state index in [0.29, 0.717) is 16.8 Å². The maximum atomic E-state index is 13.5. The van der Waals surface area contributed by atoms with E-state index in [1.54, 1.807) is 26.1 Å². The summed E-state index contributed by atoms with van der Waals surface area (Å²) in [6.07, 6.45) is 2.55. The molecule has 36 heavy (non-hydrogen) atoms. The highest BCUT2D eigenvalue weighted by atomic mass is 19.1. The molecule has 2 atom stereocenters. The van der Waals surface area contributed by atoms with Crippen LogP contribution in [0.2, 0.25) is 0 Å². The first kappa shape index (κ1) is 26.7. The van der Waals surface area contributed by atoms with Gasteiger partial charge < -0.3 is 10.0 Å². The number of carbonyl (C=O) groups is 3. The summed E-state index contributed by atoms with van der Waals surface area (Å²) < 4.78 is 13.5. The summed E-state index contributed by atoms with van der Waals surface area (Å²) >= 11 is 0. The van der Waals surface area contributed by atoms with Crippen molar-refractivity contribution in [3.05, 3.63) is 94.6 Å². The third-order valence-corrected chi connectivity index (χ3v) is 6.51. The van der Waals surface area contributed by atoms with Gasteiger partial charge in [-0.1, -0.05) is 18.7 Å². The average Bonchev–Trinajstić information content (AvgIpc) is 3.09. The third-order valence-electron chi connectivity index (χ3n) is 6.51. The van der Waals surface area contributed by atoms with E-state index in [2.05, 4.69) is 11.6 Å². The molecular weight excluding hydrogens is 459 g/mol. The molecule has 1 aliphatic rings. The van der Waals surface area contributed by atoms with Crippen LogP contribution in [0.4, 0.5) is 4.39 Å². The molecule has 2 aromatic carbocycles. The van der Waals surface area contributed by atoms with Crippen LogP contribution in [0.15, 0.2) is 66.0 Å². The van der Waals surface area contributed by atoms with Crippen molar-refractivity contribution in [1.29, 1.82) is 0 Å². The zero-order valence-corrected chi connectivity index (χ0v) is 21.0. The number of hydrogen-bond acceptors (Lipinski definition) is 5. The summed E-state index contributed by atoms with van der Waals surface area (Å²) in [6, 6.07) is 9.75. The Balaban J connectivity index is 1.77. The number of aryl methyl sites for hydroxylation is 2. The van der Waals surface area contributed by atoms with E-state index in [0.717, 1.165) is 16.7 Å². The number of halogens is 1. The van der Waals surface area contributed by atoms with Crippen molar-refractivity contribution < 1.29 is 23.9 Å². The summed E-state index contributed by atoms with van der Waals surface area (Å²) in [7, 11) is 1.60. The molecule has 7 heteroatoms. The fourth-order valence-corrected chi connectivity index (χ4v) is 4.62. The van der Waals surface area contributed by atoms with E-state index < -0.39 is 11.8 Å². The standard InChI is InChI=1S/C29H31FN2O4/c1-6-24(33)15-31-19(4)21-10-17(2)27(18(3)11-21)28-25(34)13-22(29(28)36)14-26(35)32(5)16-20-8-7-9-23(30)12-20/h6-12,15,22,28,33H,1,13-14,16H2,2-5H3/b24-15+,31-19?. The number of rotatable bonds is 8. The molecule has 0 spiro atoms. The number of aliphatic hydroxyl groups excluding tert-OH is 1. The van der Waals surface area contributed by atoms with E-state index in [1.165, 1.54) is 29.3 Å². The minimum absolute atomic E-state index is 0.0236. The first-order valence-electron chi connectivity index (χ1n) is 11.7. The predicted molar refractivity (Wildman–Crippen MR) is 137 cm³/mol. The number of carbonyl (C=O) groups excluding carboxylic acids is 3. The van der Waals surface area contributed by atoms with Gasteiger partial charge in [-0.05, 0) is 78.9 Å². The minimum atomic E-state index is -0.896. The zero-order valence-electron chi connectivity index (χ0n) is 21.0. The lowest BCUT2D eigenvalue weighted by molar-refractivity contribution is -0.134. The maximum absolute atomic E-state index is 13.5. The molecule has 1 N–H and O–H groups in total. The molecule has 0 bridgehead atoms. The second-order valence-electron chi connectivity index (χ2n) is 9.28. The van der Waals surface area contributed by atoms with Gasteiger partial charge in [-0.25, -0.2) is 4.39 Å². The number of benzene rings is 2. The molecule has 6 nitrogen and oxygen atoms in total. The van der Waals surface area contributed by atoms with Gasteiger partial charge >= 0.3 is 0 Å². The van der Waals surface area contributed by atoms with E-state index >= 15 is 0 Å². The Bertz CT molecular complexity index is 1250. The second kappa shape index (κ2) is 11.2. The monoisotopic (exact) mass is 490 g/mol. The summed E-state index contributed by atoms with van der Waals surface area (Å²) in [5.41, 5.74) is 4.38.